The SMILES string of the molecule is Cc1oc(C)c(C(=O)N2CCc3ccc(C(=O)O)cc32)c1C. The summed E-state index contributed by atoms with van der Waals surface area (Å²) in [6.07, 6.45) is 0.732. The third kappa shape index (κ3) is 2.09. The molecule has 2 heterocycles. The van der Waals surface area contributed by atoms with Gasteiger partial charge in [-0.15, -0.1) is 0 Å². The van der Waals surface area contributed by atoms with Gasteiger partial charge in [-0.25, -0.2) is 4.79 Å². The first kappa shape index (κ1) is 14.4. The zero-order valence-corrected chi connectivity index (χ0v) is 12.8. The second kappa shape index (κ2) is 5.02. The number of carboxylic acid groups (broad SMARTS) is 1. The molecule has 1 aliphatic rings. The maximum atomic E-state index is 12.9. The molecule has 0 saturated carbocycles. The molecule has 0 aliphatic carbocycles. The number of furan rings is 1. The molecule has 3 rings (SSSR count). The summed E-state index contributed by atoms with van der Waals surface area (Å²) in [4.78, 5) is 25.6. The van der Waals surface area contributed by atoms with Crippen LogP contribution in [0.25, 0.3) is 0 Å². The quantitative estimate of drug-likeness (QED) is 0.925. The predicted molar refractivity (Wildman–Crippen MR) is 81.7 cm³/mol. The standard InChI is InChI=1S/C17H17NO4/c1-9-10(2)22-11(3)15(9)16(19)18-7-6-12-4-5-13(17(20)21)8-14(12)18/h4-5,8H,6-7H2,1-3H3,(H,20,21). The van der Waals surface area contributed by atoms with Gasteiger partial charge in [-0.05, 0) is 44.9 Å². The van der Waals surface area contributed by atoms with Crippen LogP contribution in [0.2, 0.25) is 0 Å². The number of rotatable bonds is 2. The number of carboxylic acids is 1. The fraction of sp³-hybridized carbons (Fsp3) is 0.294. The van der Waals surface area contributed by atoms with E-state index in [9.17, 15) is 9.59 Å². The Labute approximate surface area is 128 Å². The second-order valence-electron chi connectivity index (χ2n) is 5.57. The number of carbonyl (C=O) groups excluding carboxylic acids is 1. The van der Waals surface area contributed by atoms with Crippen LogP contribution in [0.4, 0.5) is 5.69 Å². The molecule has 1 aliphatic heterocycles. The maximum Gasteiger partial charge on any atom is 0.335 e. The van der Waals surface area contributed by atoms with E-state index in [1.54, 1.807) is 30.0 Å². The van der Waals surface area contributed by atoms with E-state index in [1.807, 2.05) is 13.8 Å². The highest BCUT2D eigenvalue weighted by atomic mass is 16.4. The van der Waals surface area contributed by atoms with Gasteiger partial charge in [-0.3, -0.25) is 4.79 Å². The Kier molecular flexibility index (Phi) is 3.28. The number of aryl methyl sites for hydroxylation is 2. The van der Waals surface area contributed by atoms with Crippen molar-refractivity contribution in [2.75, 3.05) is 11.4 Å². The maximum absolute atomic E-state index is 12.9. The Morgan fingerprint density at radius 1 is 1.18 bits per heavy atom. The summed E-state index contributed by atoms with van der Waals surface area (Å²) >= 11 is 0. The van der Waals surface area contributed by atoms with Crippen LogP contribution < -0.4 is 4.90 Å². The van der Waals surface area contributed by atoms with Gasteiger partial charge in [-0.2, -0.15) is 0 Å². The van der Waals surface area contributed by atoms with E-state index in [0.717, 1.165) is 23.3 Å². The van der Waals surface area contributed by atoms with Gasteiger partial charge in [0, 0.05) is 17.8 Å². The number of nitrogens with zero attached hydrogens (tertiary/aromatic N) is 1. The molecule has 0 bridgehead atoms. The normalized spacial score (nSPS) is 13.3. The number of hydrogen-bond acceptors (Lipinski definition) is 3. The molecule has 0 radical (unpaired) electrons. The molecule has 114 valence electrons. The topological polar surface area (TPSA) is 70.8 Å². The molecular formula is C17H17NO4. The van der Waals surface area contributed by atoms with E-state index in [-0.39, 0.29) is 11.5 Å². The van der Waals surface area contributed by atoms with E-state index >= 15 is 0 Å². The van der Waals surface area contributed by atoms with Crippen molar-refractivity contribution in [1.29, 1.82) is 0 Å². The monoisotopic (exact) mass is 299 g/mol. The lowest BCUT2D eigenvalue weighted by Crippen LogP contribution is -2.29. The van der Waals surface area contributed by atoms with Gasteiger partial charge >= 0.3 is 5.97 Å². The smallest absolute Gasteiger partial charge is 0.335 e. The van der Waals surface area contributed by atoms with Crippen molar-refractivity contribution in [3.05, 3.63) is 52.0 Å². The molecule has 0 spiro atoms. The molecule has 1 N–H and O–H groups in total. The van der Waals surface area contributed by atoms with Crippen LogP contribution in [0.5, 0.6) is 0 Å². The van der Waals surface area contributed by atoms with Crippen molar-refractivity contribution in [2.45, 2.75) is 27.2 Å². The lowest BCUT2D eigenvalue weighted by atomic mass is 10.1. The zero-order chi connectivity index (χ0) is 16.0. The molecule has 22 heavy (non-hydrogen) atoms. The number of fused-ring (bicyclic) bond motifs is 1. The third-order valence-electron chi connectivity index (χ3n) is 4.25. The van der Waals surface area contributed by atoms with E-state index in [4.69, 9.17) is 9.52 Å². The number of benzene rings is 1. The van der Waals surface area contributed by atoms with Crippen LogP contribution in [0, 0.1) is 20.8 Å². The highest BCUT2D eigenvalue weighted by Crippen LogP contribution is 2.32. The van der Waals surface area contributed by atoms with Crippen LogP contribution in [0.1, 0.15) is 43.4 Å². The summed E-state index contributed by atoms with van der Waals surface area (Å²) in [6.45, 7) is 6.03. The van der Waals surface area contributed by atoms with E-state index in [0.29, 0.717) is 23.6 Å². The van der Waals surface area contributed by atoms with Crippen molar-refractivity contribution in [1.82, 2.24) is 0 Å². The Balaban J connectivity index is 2.04. The van der Waals surface area contributed by atoms with Gasteiger partial charge in [0.05, 0.1) is 11.1 Å². The highest BCUT2D eigenvalue weighted by molar-refractivity contribution is 6.09. The Bertz CT molecular complexity index is 788. The minimum Gasteiger partial charge on any atom is -0.478 e. The van der Waals surface area contributed by atoms with Crippen molar-refractivity contribution >= 4 is 17.6 Å². The van der Waals surface area contributed by atoms with Crippen LogP contribution in [0.15, 0.2) is 22.6 Å². The number of hydrogen-bond donors (Lipinski definition) is 1. The van der Waals surface area contributed by atoms with Gasteiger partial charge < -0.3 is 14.4 Å². The van der Waals surface area contributed by atoms with E-state index < -0.39 is 5.97 Å². The fourth-order valence-corrected chi connectivity index (χ4v) is 2.97. The summed E-state index contributed by atoms with van der Waals surface area (Å²) in [6, 6.07) is 4.93. The average Bonchev–Trinajstić information content (AvgIpc) is 2.99. The lowest BCUT2D eigenvalue weighted by molar-refractivity contribution is 0.0696. The van der Waals surface area contributed by atoms with Gasteiger partial charge in [0.15, 0.2) is 0 Å². The lowest BCUT2D eigenvalue weighted by Gasteiger charge is -2.18. The number of amides is 1. The van der Waals surface area contributed by atoms with Crippen LogP contribution >= 0.6 is 0 Å². The summed E-state index contributed by atoms with van der Waals surface area (Å²) < 4.78 is 5.53. The largest absolute Gasteiger partial charge is 0.478 e. The fourth-order valence-electron chi connectivity index (χ4n) is 2.97. The summed E-state index contributed by atoms with van der Waals surface area (Å²) in [5, 5.41) is 9.13. The molecule has 1 aromatic carbocycles. The Morgan fingerprint density at radius 2 is 1.91 bits per heavy atom. The van der Waals surface area contributed by atoms with Crippen molar-refractivity contribution < 1.29 is 19.1 Å². The minimum absolute atomic E-state index is 0.131. The molecule has 2 aromatic rings. The summed E-state index contributed by atoms with van der Waals surface area (Å²) in [7, 11) is 0. The van der Waals surface area contributed by atoms with Crippen LogP contribution in [0.3, 0.4) is 0 Å². The first-order chi connectivity index (χ1) is 10.4. The van der Waals surface area contributed by atoms with Gasteiger partial charge in [0.25, 0.3) is 5.91 Å². The highest BCUT2D eigenvalue weighted by Gasteiger charge is 2.30. The first-order valence-electron chi connectivity index (χ1n) is 7.15. The van der Waals surface area contributed by atoms with Gasteiger partial charge in [-0.1, -0.05) is 6.07 Å². The summed E-state index contributed by atoms with van der Waals surface area (Å²) in [5.41, 5.74) is 3.28. The molecular weight excluding hydrogens is 282 g/mol. The van der Waals surface area contributed by atoms with E-state index in [1.165, 1.54) is 0 Å². The number of anilines is 1. The second-order valence-corrected chi connectivity index (χ2v) is 5.57. The molecule has 0 unspecified atom stereocenters. The molecule has 5 nitrogen and oxygen atoms in total. The minimum atomic E-state index is -0.992. The predicted octanol–water partition coefficient (Wildman–Crippen LogP) is 3.11. The number of carbonyl (C=O) groups is 2. The molecule has 0 saturated heterocycles. The molecule has 1 amide bonds. The van der Waals surface area contributed by atoms with E-state index in [2.05, 4.69) is 0 Å². The van der Waals surface area contributed by atoms with Crippen LogP contribution in [-0.2, 0) is 6.42 Å². The van der Waals surface area contributed by atoms with Gasteiger partial charge in [0.1, 0.15) is 11.5 Å². The van der Waals surface area contributed by atoms with Crippen molar-refractivity contribution in [3.63, 3.8) is 0 Å². The van der Waals surface area contributed by atoms with Crippen molar-refractivity contribution in [3.8, 4) is 0 Å². The van der Waals surface area contributed by atoms with Crippen molar-refractivity contribution in [2.24, 2.45) is 0 Å². The number of aromatic carboxylic acids is 1. The molecule has 0 atom stereocenters. The molecule has 0 fully saturated rings. The summed E-state index contributed by atoms with van der Waals surface area (Å²) in [5.74, 6) is 0.212. The Hall–Kier alpha value is -2.56. The average molecular weight is 299 g/mol. The Morgan fingerprint density at radius 3 is 2.50 bits per heavy atom. The molecule has 1 aromatic heterocycles. The first-order valence-corrected chi connectivity index (χ1v) is 7.15. The molecule has 5 heteroatoms. The zero-order valence-electron chi connectivity index (χ0n) is 12.8. The van der Waals surface area contributed by atoms with Crippen LogP contribution in [-0.4, -0.2) is 23.5 Å². The van der Waals surface area contributed by atoms with Gasteiger partial charge in [0.2, 0.25) is 0 Å². The third-order valence-corrected chi connectivity index (χ3v) is 4.25.